The van der Waals surface area contributed by atoms with E-state index in [9.17, 15) is 14.4 Å². The second kappa shape index (κ2) is 9.77. The van der Waals surface area contributed by atoms with E-state index in [4.69, 9.17) is 10.5 Å². The van der Waals surface area contributed by atoms with E-state index in [1.165, 1.54) is 9.47 Å². The Balaban J connectivity index is 2.40. The van der Waals surface area contributed by atoms with Crippen LogP contribution in [0.1, 0.15) is 38.7 Å². The molecule has 1 heterocycles. The van der Waals surface area contributed by atoms with Gasteiger partial charge in [0.05, 0.1) is 13.5 Å². The molecule has 1 aromatic carbocycles. The lowest BCUT2D eigenvalue weighted by atomic mass is 10.1. The van der Waals surface area contributed by atoms with Crippen molar-refractivity contribution in [1.29, 1.82) is 0 Å². The molecule has 28 heavy (non-hydrogen) atoms. The first-order valence-corrected chi connectivity index (χ1v) is 9.48. The van der Waals surface area contributed by atoms with E-state index < -0.39 is 11.2 Å². The molecule has 8 nitrogen and oxygen atoms in total. The van der Waals surface area contributed by atoms with E-state index in [2.05, 4.69) is 4.98 Å². The number of aromatic amines is 1. The molecule has 0 radical (unpaired) electrons. The van der Waals surface area contributed by atoms with Crippen molar-refractivity contribution >= 4 is 17.4 Å². The number of hydrogen-bond donors (Lipinski definition) is 2. The molecule has 0 spiro atoms. The van der Waals surface area contributed by atoms with Crippen molar-refractivity contribution in [2.45, 2.75) is 46.1 Å². The summed E-state index contributed by atoms with van der Waals surface area (Å²) in [5.41, 5.74) is 5.79. The predicted molar refractivity (Wildman–Crippen MR) is 110 cm³/mol. The Hall–Kier alpha value is -3.03. The maximum Gasteiger partial charge on any atom is 0.330 e. The van der Waals surface area contributed by atoms with Crippen molar-refractivity contribution in [3.05, 3.63) is 50.7 Å². The fourth-order valence-electron chi connectivity index (χ4n) is 2.97. The molecule has 0 fully saturated rings. The zero-order chi connectivity index (χ0) is 20.7. The lowest BCUT2D eigenvalue weighted by molar-refractivity contribution is -0.118. The molecule has 1 aromatic heterocycles. The molecular weight excluding hydrogens is 360 g/mol. The van der Waals surface area contributed by atoms with Gasteiger partial charge in [-0.1, -0.05) is 32.4 Å². The largest absolute Gasteiger partial charge is 0.497 e. The van der Waals surface area contributed by atoms with E-state index in [0.29, 0.717) is 25.3 Å². The Bertz CT molecular complexity index is 915. The molecule has 3 N–H and O–H groups in total. The van der Waals surface area contributed by atoms with Gasteiger partial charge in [-0.05, 0) is 30.5 Å². The molecule has 0 atom stereocenters. The smallest absolute Gasteiger partial charge is 0.330 e. The summed E-state index contributed by atoms with van der Waals surface area (Å²) in [6, 6.07) is 7.16. The number of nitrogen functional groups attached to an aromatic ring is 1. The average Bonchev–Trinajstić information content (AvgIpc) is 2.67. The number of carbonyl (C=O) groups excluding carboxylic acids is 1. The fraction of sp³-hybridized carbons (Fsp3) is 0.450. The van der Waals surface area contributed by atoms with Crippen LogP contribution in [0.4, 0.5) is 11.5 Å². The highest BCUT2D eigenvalue weighted by Gasteiger charge is 2.23. The topological polar surface area (TPSA) is 110 Å². The Kier molecular flexibility index (Phi) is 7.43. The maximum atomic E-state index is 13.0. The van der Waals surface area contributed by atoms with Gasteiger partial charge < -0.3 is 15.4 Å². The van der Waals surface area contributed by atoms with Crippen LogP contribution in [0, 0.1) is 0 Å². The number of aromatic nitrogens is 2. The van der Waals surface area contributed by atoms with Crippen molar-refractivity contribution in [2.75, 3.05) is 24.3 Å². The quantitative estimate of drug-likeness (QED) is 0.682. The predicted octanol–water partition coefficient (Wildman–Crippen LogP) is 1.91. The summed E-state index contributed by atoms with van der Waals surface area (Å²) in [6.45, 7) is 4.62. The number of benzene rings is 1. The maximum absolute atomic E-state index is 13.0. The molecule has 0 saturated carbocycles. The van der Waals surface area contributed by atoms with Crippen molar-refractivity contribution in [3.8, 4) is 5.75 Å². The van der Waals surface area contributed by atoms with E-state index in [1.807, 2.05) is 13.8 Å². The van der Waals surface area contributed by atoms with E-state index >= 15 is 0 Å². The zero-order valence-electron chi connectivity index (χ0n) is 16.7. The van der Waals surface area contributed by atoms with Gasteiger partial charge in [0.1, 0.15) is 11.6 Å². The number of H-pyrrole nitrogens is 1. The highest BCUT2D eigenvalue weighted by atomic mass is 16.5. The van der Waals surface area contributed by atoms with Crippen LogP contribution in [0.15, 0.2) is 33.9 Å². The summed E-state index contributed by atoms with van der Waals surface area (Å²) in [4.78, 5) is 41.3. The van der Waals surface area contributed by atoms with Crippen LogP contribution in [0.3, 0.4) is 0 Å². The van der Waals surface area contributed by atoms with E-state index in [0.717, 1.165) is 18.4 Å². The number of carbonyl (C=O) groups is 1. The van der Waals surface area contributed by atoms with Crippen molar-refractivity contribution < 1.29 is 9.53 Å². The SMILES string of the molecule is CCCCn1c(N)c(N(CCC)C(=O)Cc2ccc(OC)cc2)c(=O)[nH]c1=O. The van der Waals surface area contributed by atoms with Gasteiger partial charge in [-0.2, -0.15) is 0 Å². The van der Waals surface area contributed by atoms with Crippen LogP contribution < -0.4 is 26.6 Å². The van der Waals surface area contributed by atoms with Gasteiger partial charge in [0, 0.05) is 13.1 Å². The molecule has 8 heteroatoms. The van der Waals surface area contributed by atoms with Crippen molar-refractivity contribution in [2.24, 2.45) is 0 Å². The Morgan fingerprint density at radius 1 is 1.18 bits per heavy atom. The highest BCUT2D eigenvalue weighted by Crippen LogP contribution is 2.20. The molecule has 0 unspecified atom stereocenters. The Morgan fingerprint density at radius 3 is 2.43 bits per heavy atom. The summed E-state index contributed by atoms with van der Waals surface area (Å²) < 4.78 is 6.45. The van der Waals surface area contributed by atoms with Gasteiger partial charge in [-0.25, -0.2) is 4.79 Å². The zero-order valence-corrected chi connectivity index (χ0v) is 16.7. The highest BCUT2D eigenvalue weighted by molar-refractivity contribution is 5.96. The van der Waals surface area contributed by atoms with Crippen LogP contribution in [0.25, 0.3) is 0 Å². The first-order valence-electron chi connectivity index (χ1n) is 9.48. The van der Waals surface area contributed by atoms with Crippen LogP contribution in [0.5, 0.6) is 5.75 Å². The van der Waals surface area contributed by atoms with Gasteiger partial charge in [0.15, 0.2) is 5.69 Å². The van der Waals surface area contributed by atoms with Gasteiger partial charge in [0.25, 0.3) is 5.56 Å². The number of ether oxygens (including phenoxy) is 1. The Morgan fingerprint density at radius 2 is 1.86 bits per heavy atom. The monoisotopic (exact) mass is 388 g/mol. The number of nitrogens with two attached hydrogens (primary N) is 1. The van der Waals surface area contributed by atoms with E-state index in [-0.39, 0.29) is 23.8 Å². The minimum Gasteiger partial charge on any atom is -0.497 e. The molecule has 2 rings (SSSR count). The molecule has 0 aliphatic carbocycles. The van der Waals surface area contributed by atoms with Gasteiger partial charge in [-0.3, -0.25) is 19.1 Å². The number of amides is 1. The molecule has 2 aromatic rings. The first-order chi connectivity index (χ1) is 13.4. The second-order valence-corrected chi connectivity index (χ2v) is 6.57. The number of unbranched alkanes of at least 4 members (excludes halogenated alkanes) is 1. The lowest BCUT2D eigenvalue weighted by Crippen LogP contribution is -2.42. The number of hydrogen-bond acceptors (Lipinski definition) is 5. The second-order valence-electron chi connectivity index (χ2n) is 6.57. The Labute approximate surface area is 163 Å². The molecule has 0 aliphatic rings. The third kappa shape index (κ3) is 4.82. The average molecular weight is 388 g/mol. The fourth-order valence-corrected chi connectivity index (χ4v) is 2.97. The number of nitrogens with zero attached hydrogens (tertiary/aromatic N) is 2. The third-order valence-corrected chi connectivity index (χ3v) is 4.48. The van der Waals surface area contributed by atoms with Gasteiger partial charge in [0.2, 0.25) is 5.91 Å². The number of methoxy groups -OCH3 is 1. The summed E-state index contributed by atoms with van der Waals surface area (Å²) >= 11 is 0. The summed E-state index contributed by atoms with van der Waals surface area (Å²) in [6.07, 6.45) is 2.36. The van der Waals surface area contributed by atoms with Crippen molar-refractivity contribution in [1.82, 2.24) is 9.55 Å². The summed E-state index contributed by atoms with van der Waals surface area (Å²) in [5, 5.41) is 0. The van der Waals surface area contributed by atoms with Gasteiger partial charge in [-0.15, -0.1) is 0 Å². The molecular formula is C20H28N4O4. The van der Waals surface area contributed by atoms with Crippen LogP contribution in [0.2, 0.25) is 0 Å². The first kappa shape index (κ1) is 21.3. The van der Waals surface area contributed by atoms with Crippen molar-refractivity contribution in [3.63, 3.8) is 0 Å². The summed E-state index contributed by atoms with van der Waals surface area (Å²) in [7, 11) is 1.58. The molecule has 0 aliphatic heterocycles. The van der Waals surface area contributed by atoms with Crippen LogP contribution >= 0.6 is 0 Å². The molecule has 0 bridgehead atoms. The molecule has 152 valence electrons. The van der Waals surface area contributed by atoms with Crippen LogP contribution in [-0.4, -0.2) is 29.1 Å². The van der Waals surface area contributed by atoms with Crippen LogP contribution in [-0.2, 0) is 17.8 Å². The lowest BCUT2D eigenvalue weighted by Gasteiger charge is -2.24. The number of anilines is 2. The standard InChI is InChI=1S/C20H28N4O4/c1-4-6-12-24-18(21)17(19(26)22-20(24)27)23(11-5-2)16(25)13-14-7-9-15(28-3)10-8-14/h7-10H,4-6,11-13,21H2,1-3H3,(H,22,26,27). The number of nitrogens with one attached hydrogen (secondary N) is 1. The third-order valence-electron chi connectivity index (χ3n) is 4.48. The van der Waals surface area contributed by atoms with Gasteiger partial charge >= 0.3 is 5.69 Å². The van der Waals surface area contributed by atoms with E-state index in [1.54, 1.807) is 31.4 Å². The molecule has 0 saturated heterocycles. The summed E-state index contributed by atoms with van der Waals surface area (Å²) in [5.74, 6) is 0.467. The normalized spacial score (nSPS) is 10.7. The number of rotatable bonds is 9. The minimum atomic E-state index is -0.647. The minimum absolute atomic E-state index is 0.0266. The molecule has 1 amide bonds.